The lowest BCUT2D eigenvalue weighted by Gasteiger charge is -2.33. The maximum Gasteiger partial charge on any atom is 0.0916 e. The molecule has 4 heteroatoms. The summed E-state index contributed by atoms with van der Waals surface area (Å²) in [5.74, 6) is 0.699. The van der Waals surface area contributed by atoms with Crippen LogP contribution >= 0.6 is 0 Å². The molecule has 1 aliphatic heterocycles. The lowest BCUT2D eigenvalue weighted by Crippen LogP contribution is -2.37. The normalized spacial score (nSPS) is 18.5. The molecule has 1 saturated heterocycles. The van der Waals surface area contributed by atoms with Crippen molar-refractivity contribution in [3.05, 3.63) is 53.9 Å². The number of aliphatic hydroxyl groups is 1. The van der Waals surface area contributed by atoms with Crippen molar-refractivity contribution in [2.45, 2.75) is 32.4 Å². The molecule has 0 unspecified atom stereocenters. The zero-order chi connectivity index (χ0) is 15.4. The molecule has 1 aromatic heterocycles. The Morgan fingerprint density at radius 3 is 2.59 bits per heavy atom. The van der Waals surface area contributed by atoms with Gasteiger partial charge in [-0.2, -0.15) is 5.10 Å². The molecule has 0 spiro atoms. The summed E-state index contributed by atoms with van der Waals surface area (Å²) in [7, 11) is 0. The predicted octanol–water partition coefficient (Wildman–Crippen LogP) is 2.64. The van der Waals surface area contributed by atoms with Crippen LogP contribution in [0.15, 0.2) is 42.7 Å². The first-order valence-electron chi connectivity index (χ1n) is 8.15. The maximum atomic E-state index is 10.3. The zero-order valence-electron chi connectivity index (χ0n) is 13.2. The van der Waals surface area contributed by atoms with Crippen LogP contribution in [0.5, 0.6) is 0 Å². The van der Waals surface area contributed by atoms with Gasteiger partial charge in [0.25, 0.3) is 0 Å². The van der Waals surface area contributed by atoms with Gasteiger partial charge >= 0.3 is 0 Å². The summed E-state index contributed by atoms with van der Waals surface area (Å²) in [6.45, 7) is 5.96. The Bertz CT molecular complexity index is 573. The SMILES string of the molecule is Cc1cnn(CC2CCN(C[C@H](O)c3ccccc3)CC2)c1. The number of aliphatic hydroxyl groups excluding tert-OH is 1. The van der Waals surface area contributed by atoms with Gasteiger partial charge in [-0.3, -0.25) is 4.68 Å². The van der Waals surface area contributed by atoms with Crippen molar-refractivity contribution in [2.75, 3.05) is 19.6 Å². The van der Waals surface area contributed by atoms with Gasteiger partial charge in [0.05, 0.1) is 12.3 Å². The van der Waals surface area contributed by atoms with Gasteiger partial charge in [-0.1, -0.05) is 30.3 Å². The smallest absolute Gasteiger partial charge is 0.0916 e. The molecule has 0 saturated carbocycles. The first kappa shape index (κ1) is 15.3. The van der Waals surface area contributed by atoms with E-state index in [9.17, 15) is 5.11 Å². The molecule has 1 aromatic carbocycles. The highest BCUT2D eigenvalue weighted by atomic mass is 16.3. The van der Waals surface area contributed by atoms with Crippen LogP contribution in [-0.4, -0.2) is 39.4 Å². The van der Waals surface area contributed by atoms with E-state index in [2.05, 4.69) is 27.8 Å². The molecule has 1 fully saturated rings. The third-order valence-electron chi connectivity index (χ3n) is 4.53. The fourth-order valence-corrected chi connectivity index (χ4v) is 3.21. The number of aromatic nitrogens is 2. The van der Waals surface area contributed by atoms with Gasteiger partial charge in [-0.05, 0) is 49.9 Å². The molecule has 1 atom stereocenters. The number of benzene rings is 1. The molecule has 0 radical (unpaired) electrons. The Kier molecular flexibility index (Phi) is 4.90. The molecule has 22 heavy (non-hydrogen) atoms. The maximum absolute atomic E-state index is 10.3. The first-order valence-corrected chi connectivity index (χ1v) is 8.15. The lowest BCUT2D eigenvalue weighted by molar-refractivity contribution is 0.0860. The average Bonchev–Trinajstić information content (AvgIpc) is 2.95. The van der Waals surface area contributed by atoms with Crippen LogP contribution in [0.1, 0.15) is 30.1 Å². The van der Waals surface area contributed by atoms with Crippen LogP contribution in [0.3, 0.4) is 0 Å². The van der Waals surface area contributed by atoms with Crippen LogP contribution in [0.4, 0.5) is 0 Å². The van der Waals surface area contributed by atoms with Gasteiger partial charge in [-0.15, -0.1) is 0 Å². The number of aryl methyl sites for hydroxylation is 1. The minimum atomic E-state index is -0.383. The minimum Gasteiger partial charge on any atom is -0.387 e. The summed E-state index contributed by atoms with van der Waals surface area (Å²) < 4.78 is 2.06. The molecular weight excluding hydrogens is 274 g/mol. The molecule has 1 aliphatic rings. The highest BCUT2D eigenvalue weighted by molar-refractivity contribution is 5.17. The van der Waals surface area contributed by atoms with Crippen molar-refractivity contribution in [3.63, 3.8) is 0 Å². The number of rotatable bonds is 5. The number of piperidine rings is 1. The third kappa shape index (κ3) is 3.96. The molecular formula is C18H25N3O. The van der Waals surface area contributed by atoms with E-state index in [1.807, 2.05) is 36.5 Å². The Morgan fingerprint density at radius 2 is 1.95 bits per heavy atom. The van der Waals surface area contributed by atoms with Gasteiger partial charge in [0.15, 0.2) is 0 Å². The van der Waals surface area contributed by atoms with E-state index in [-0.39, 0.29) is 6.10 Å². The quantitative estimate of drug-likeness (QED) is 0.923. The van der Waals surface area contributed by atoms with Crippen LogP contribution in [0.2, 0.25) is 0 Å². The van der Waals surface area contributed by atoms with Crippen molar-refractivity contribution in [3.8, 4) is 0 Å². The van der Waals surface area contributed by atoms with Gasteiger partial charge in [0.1, 0.15) is 0 Å². The summed E-state index contributed by atoms with van der Waals surface area (Å²) in [5, 5.41) is 14.7. The average molecular weight is 299 g/mol. The Labute approximate surface area is 132 Å². The standard InChI is InChI=1S/C18H25N3O/c1-15-11-19-21(12-15)13-16-7-9-20(10-8-16)14-18(22)17-5-3-2-4-6-17/h2-6,11-12,16,18,22H,7-10,13-14H2,1H3/t18-/m0/s1. The van der Waals surface area contributed by atoms with E-state index < -0.39 is 0 Å². The molecule has 1 N–H and O–H groups in total. The Balaban J connectivity index is 1.45. The van der Waals surface area contributed by atoms with E-state index in [0.717, 1.165) is 31.7 Å². The summed E-state index contributed by atoms with van der Waals surface area (Å²) >= 11 is 0. The Hall–Kier alpha value is -1.65. The summed E-state index contributed by atoms with van der Waals surface area (Å²) in [5.41, 5.74) is 2.24. The molecule has 0 bridgehead atoms. The monoisotopic (exact) mass is 299 g/mol. The number of hydrogen-bond acceptors (Lipinski definition) is 3. The number of nitrogens with zero attached hydrogens (tertiary/aromatic N) is 3. The van der Waals surface area contributed by atoms with Gasteiger partial charge in [-0.25, -0.2) is 0 Å². The zero-order valence-corrected chi connectivity index (χ0v) is 13.2. The summed E-state index contributed by atoms with van der Waals surface area (Å²) in [6, 6.07) is 9.95. The first-order chi connectivity index (χ1) is 10.7. The number of β-amino-alcohol motifs (C(OH)–C–C–N with tert-alkyl or cyclic N) is 1. The van der Waals surface area contributed by atoms with Crippen LogP contribution in [0.25, 0.3) is 0 Å². The number of likely N-dealkylation sites (tertiary alicyclic amines) is 1. The predicted molar refractivity (Wildman–Crippen MR) is 87.5 cm³/mol. The van der Waals surface area contributed by atoms with Crippen molar-refractivity contribution < 1.29 is 5.11 Å². The molecule has 2 aromatic rings. The minimum absolute atomic E-state index is 0.383. The van der Waals surface area contributed by atoms with Crippen molar-refractivity contribution in [2.24, 2.45) is 5.92 Å². The Morgan fingerprint density at radius 1 is 1.23 bits per heavy atom. The van der Waals surface area contributed by atoms with Crippen LogP contribution in [-0.2, 0) is 6.54 Å². The van der Waals surface area contributed by atoms with Crippen molar-refractivity contribution in [1.82, 2.24) is 14.7 Å². The highest BCUT2D eigenvalue weighted by Crippen LogP contribution is 2.22. The van der Waals surface area contributed by atoms with E-state index in [4.69, 9.17) is 0 Å². The fraction of sp³-hybridized carbons (Fsp3) is 0.500. The second-order valence-corrected chi connectivity index (χ2v) is 6.41. The van der Waals surface area contributed by atoms with Crippen molar-refractivity contribution >= 4 is 0 Å². The second kappa shape index (κ2) is 7.07. The summed E-state index contributed by atoms with van der Waals surface area (Å²) in [4.78, 5) is 2.38. The van der Waals surface area contributed by atoms with E-state index in [1.54, 1.807) is 0 Å². The van der Waals surface area contributed by atoms with E-state index in [0.29, 0.717) is 5.92 Å². The summed E-state index contributed by atoms with van der Waals surface area (Å²) in [6.07, 6.45) is 6.02. The molecule has 0 amide bonds. The molecule has 0 aliphatic carbocycles. The van der Waals surface area contributed by atoms with Crippen LogP contribution < -0.4 is 0 Å². The topological polar surface area (TPSA) is 41.3 Å². The third-order valence-corrected chi connectivity index (χ3v) is 4.53. The molecule has 3 rings (SSSR count). The van der Waals surface area contributed by atoms with Gasteiger partial charge in [0.2, 0.25) is 0 Å². The van der Waals surface area contributed by atoms with Crippen LogP contribution in [0, 0.1) is 12.8 Å². The van der Waals surface area contributed by atoms with Gasteiger partial charge in [0, 0.05) is 19.3 Å². The highest BCUT2D eigenvalue weighted by Gasteiger charge is 2.22. The van der Waals surface area contributed by atoms with Gasteiger partial charge < -0.3 is 10.0 Å². The molecule has 118 valence electrons. The largest absolute Gasteiger partial charge is 0.387 e. The van der Waals surface area contributed by atoms with E-state index in [1.165, 1.54) is 18.4 Å². The molecule has 2 heterocycles. The number of hydrogen-bond donors (Lipinski definition) is 1. The lowest BCUT2D eigenvalue weighted by atomic mass is 9.96. The fourth-order valence-electron chi connectivity index (χ4n) is 3.21. The second-order valence-electron chi connectivity index (χ2n) is 6.41. The molecule has 4 nitrogen and oxygen atoms in total. The van der Waals surface area contributed by atoms with E-state index >= 15 is 0 Å². The van der Waals surface area contributed by atoms with Crippen molar-refractivity contribution in [1.29, 1.82) is 0 Å².